The van der Waals surface area contributed by atoms with Crippen molar-refractivity contribution in [2.75, 3.05) is 13.2 Å². The van der Waals surface area contributed by atoms with Gasteiger partial charge in [0.15, 0.2) is 0 Å². The highest BCUT2D eigenvalue weighted by Gasteiger charge is 2.43. The Bertz CT molecular complexity index is 1030. The second kappa shape index (κ2) is 8.89. The molecule has 33 heavy (non-hydrogen) atoms. The van der Waals surface area contributed by atoms with Crippen LogP contribution in [0.2, 0.25) is 0 Å². The number of fused-ring (bicyclic) bond motifs is 3. The highest BCUT2D eigenvalue weighted by Crippen LogP contribution is 2.44. The maximum atomic E-state index is 12.7. The molecule has 0 bridgehead atoms. The standard InChI is InChI=1S/C26H28N2O5/c29-24(27-13-16-12-21(16)25(30)31)23(11-15-9-10-15)28-26(32)33-14-22-19-7-3-1-5-17(19)18-6-2-4-8-20(18)22/h1-8,15-16,21-23H,9-14H2,(H,27,29)(H,28,32)(H,30,31)/t16-,21-,23?/m0/s1. The van der Waals surface area contributed by atoms with Crippen LogP contribution < -0.4 is 10.6 Å². The van der Waals surface area contributed by atoms with E-state index in [9.17, 15) is 14.4 Å². The number of hydrogen-bond donors (Lipinski definition) is 3. The molecule has 2 aromatic rings. The number of benzene rings is 2. The zero-order valence-corrected chi connectivity index (χ0v) is 18.3. The van der Waals surface area contributed by atoms with Crippen LogP contribution in [0, 0.1) is 17.8 Å². The molecule has 0 aromatic heterocycles. The summed E-state index contributed by atoms with van der Waals surface area (Å²) in [4.78, 5) is 36.3. The van der Waals surface area contributed by atoms with E-state index < -0.39 is 18.1 Å². The number of hydrogen-bond acceptors (Lipinski definition) is 4. The van der Waals surface area contributed by atoms with E-state index in [1.807, 2.05) is 24.3 Å². The van der Waals surface area contributed by atoms with Gasteiger partial charge in [-0.05, 0) is 46.9 Å². The van der Waals surface area contributed by atoms with Crippen molar-refractivity contribution in [1.82, 2.24) is 10.6 Å². The molecule has 0 spiro atoms. The normalized spacial score (nSPS) is 21.5. The van der Waals surface area contributed by atoms with Crippen LogP contribution in [0.5, 0.6) is 0 Å². The fourth-order valence-corrected chi connectivity index (χ4v) is 4.83. The number of aliphatic carboxylic acids is 1. The van der Waals surface area contributed by atoms with Gasteiger partial charge in [0, 0.05) is 12.5 Å². The van der Waals surface area contributed by atoms with E-state index in [0.29, 0.717) is 25.3 Å². The van der Waals surface area contributed by atoms with Gasteiger partial charge in [-0.3, -0.25) is 9.59 Å². The predicted molar refractivity (Wildman–Crippen MR) is 122 cm³/mol. The van der Waals surface area contributed by atoms with E-state index in [1.165, 1.54) is 0 Å². The molecule has 3 N–H and O–H groups in total. The minimum absolute atomic E-state index is 0.0255. The quantitative estimate of drug-likeness (QED) is 0.544. The van der Waals surface area contributed by atoms with Crippen LogP contribution in [0.25, 0.3) is 11.1 Å². The van der Waals surface area contributed by atoms with E-state index in [-0.39, 0.29) is 30.3 Å². The van der Waals surface area contributed by atoms with Gasteiger partial charge in [-0.2, -0.15) is 0 Å². The molecule has 7 nitrogen and oxygen atoms in total. The average molecular weight is 449 g/mol. The molecule has 3 aliphatic carbocycles. The van der Waals surface area contributed by atoms with E-state index in [1.54, 1.807) is 0 Å². The van der Waals surface area contributed by atoms with Gasteiger partial charge in [-0.15, -0.1) is 0 Å². The molecule has 0 saturated heterocycles. The van der Waals surface area contributed by atoms with Gasteiger partial charge in [0.2, 0.25) is 5.91 Å². The lowest BCUT2D eigenvalue weighted by Gasteiger charge is -2.20. The first-order chi connectivity index (χ1) is 16.0. The predicted octanol–water partition coefficient (Wildman–Crippen LogP) is 3.53. The number of carbonyl (C=O) groups is 3. The van der Waals surface area contributed by atoms with Gasteiger partial charge < -0.3 is 20.5 Å². The van der Waals surface area contributed by atoms with Gasteiger partial charge >= 0.3 is 12.1 Å². The van der Waals surface area contributed by atoms with Crippen molar-refractivity contribution in [2.45, 2.75) is 37.6 Å². The van der Waals surface area contributed by atoms with Crippen LogP contribution in [0.3, 0.4) is 0 Å². The van der Waals surface area contributed by atoms with Crippen LogP contribution in [0.15, 0.2) is 48.5 Å². The van der Waals surface area contributed by atoms with E-state index in [4.69, 9.17) is 9.84 Å². The monoisotopic (exact) mass is 448 g/mol. The SMILES string of the molecule is O=C(NC(CC1CC1)C(=O)NC[C@@H]1C[C@@H]1C(=O)O)OCC1c2ccccc2-c2ccccc21. The molecule has 0 heterocycles. The van der Waals surface area contributed by atoms with Crippen molar-refractivity contribution < 1.29 is 24.2 Å². The molecule has 7 heteroatoms. The van der Waals surface area contributed by atoms with Crippen LogP contribution in [0.4, 0.5) is 4.79 Å². The Kier molecular flexibility index (Phi) is 5.79. The number of carboxylic acid groups (broad SMARTS) is 1. The Morgan fingerprint density at radius 2 is 1.64 bits per heavy atom. The average Bonchev–Trinajstić information content (AvgIpc) is 3.74. The van der Waals surface area contributed by atoms with Crippen molar-refractivity contribution in [2.24, 2.45) is 17.8 Å². The molecule has 2 saturated carbocycles. The first-order valence-electron chi connectivity index (χ1n) is 11.6. The highest BCUT2D eigenvalue weighted by molar-refractivity contribution is 5.86. The number of ether oxygens (including phenoxy) is 1. The van der Waals surface area contributed by atoms with Crippen molar-refractivity contribution >= 4 is 18.0 Å². The molecule has 2 aromatic carbocycles. The Balaban J connectivity index is 1.18. The molecule has 2 amide bonds. The van der Waals surface area contributed by atoms with Crippen molar-refractivity contribution in [1.29, 1.82) is 0 Å². The fourth-order valence-electron chi connectivity index (χ4n) is 4.83. The summed E-state index contributed by atoms with van der Waals surface area (Å²) in [6.07, 6.45) is 2.67. The number of rotatable bonds is 9. The lowest BCUT2D eigenvalue weighted by Crippen LogP contribution is -2.48. The Hall–Kier alpha value is -3.35. The molecule has 5 rings (SSSR count). The first-order valence-corrected chi connectivity index (χ1v) is 11.6. The fraction of sp³-hybridized carbons (Fsp3) is 0.423. The zero-order valence-electron chi connectivity index (χ0n) is 18.3. The number of carbonyl (C=O) groups excluding carboxylic acids is 2. The third-order valence-corrected chi connectivity index (χ3v) is 7.00. The van der Waals surface area contributed by atoms with Gasteiger partial charge in [0.25, 0.3) is 0 Å². The summed E-state index contributed by atoms with van der Waals surface area (Å²) < 4.78 is 5.60. The second-order valence-electron chi connectivity index (χ2n) is 9.39. The van der Waals surface area contributed by atoms with Gasteiger partial charge in [-0.1, -0.05) is 61.4 Å². The number of nitrogens with one attached hydrogen (secondary N) is 2. The van der Waals surface area contributed by atoms with Crippen LogP contribution >= 0.6 is 0 Å². The Morgan fingerprint density at radius 1 is 1.00 bits per heavy atom. The van der Waals surface area contributed by atoms with E-state index >= 15 is 0 Å². The summed E-state index contributed by atoms with van der Waals surface area (Å²) in [7, 11) is 0. The smallest absolute Gasteiger partial charge is 0.407 e. The molecular formula is C26H28N2O5. The van der Waals surface area contributed by atoms with Gasteiger partial charge in [-0.25, -0.2) is 4.79 Å². The zero-order chi connectivity index (χ0) is 22.9. The maximum absolute atomic E-state index is 12.7. The molecule has 1 unspecified atom stereocenters. The number of carboxylic acids is 1. The summed E-state index contributed by atoms with van der Waals surface area (Å²) in [5.74, 6) is -1.10. The largest absolute Gasteiger partial charge is 0.481 e. The van der Waals surface area contributed by atoms with E-state index in [2.05, 4.69) is 34.9 Å². The summed E-state index contributed by atoms with van der Waals surface area (Å²) in [5.41, 5.74) is 4.59. The molecular weight excluding hydrogens is 420 g/mol. The number of alkyl carbamates (subject to hydrolysis) is 1. The molecule has 3 atom stereocenters. The third-order valence-electron chi connectivity index (χ3n) is 7.00. The van der Waals surface area contributed by atoms with Gasteiger partial charge in [0.1, 0.15) is 12.6 Å². The third kappa shape index (κ3) is 4.72. The molecule has 0 radical (unpaired) electrons. The Labute approximate surface area is 192 Å². The van der Waals surface area contributed by atoms with E-state index in [0.717, 1.165) is 35.1 Å². The molecule has 0 aliphatic heterocycles. The highest BCUT2D eigenvalue weighted by atomic mass is 16.5. The summed E-state index contributed by atoms with van der Waals surface area (Å²) >= 11 is 0. The lowest BCUT2D eigenvalue weighted by atomic mass is 9.98. The minimum atomic E-state index is -0.819. The molecule has 172 valence electrons. The maximum Gasteiger partial charge on any atom is 0.407 e. The van der Waals surface area contributed by atoms with Gasteiger partial charge in [0.05, 0.1) is 5.92 Å². The Morgan fingerprint density at radius 3 is 2.21 bits per heavy atom. The van der Waals surface area contributed by atoms with Crippen LogP contribution in [0.1, 0.15) is 42.7 Å². The van der Waals surface area contributed by atoms with Crippen LogP contribution in [-0.2, 0) is 14.3 Å². The number of amides is 2. The summed E-state index contributed by atoms with van der Waals surface area (Å²) in [6, 6.07) is 15.6. The second-order valence-corrected chi connectivity index (χ2v) is 9.39. The first kappa shape index (κ1) is 21.5. The topological polar surface area (TPSA) is 105 Å². The van der Waals surface area contributed by atoms with Crippen molar-refractivity contribution in [3.63, 3.8) is 0 Å². The van der Waals surface area contributed by atoms with Crippen LogP contribution in [-0.4, -0.2) is 42.3 Å². The summed E-state index contributed by atoms with van der Waals surface area (Å²) in [5, 5.41) is 14.6. The van der Waals surface area contributed by atoms with Crippen molar-refractivity contribution in [3.8, 4) is 11.1 Å². The van der Waals surface area contributed by atoms with Crippen molar-refractivity contribution in [3.05, 3.63) is 59.7 Å². The minimum Gasteiger partial charge on any atom is -0.481 e. The lowest BCUT2D eigenvalue weighted by molar-refractivity contribution is -0.139. The molecule has 2 fully saturated rings. The summed E-state index contributed by atoms with van der Waals surface area (Å²) in [6.45, 7) is 0.517. The molecule has 3 aliphatic rings.